The van der Waals surface area contributed by atoms with E-state index in [0.29, 0.717) is 13.1 Å². The topological polar surface area (TPSA) is 43.8 Å². The number of nitrogens with two attached hydrogens (primary N) is 1. The molecule has 2 N–H and O–H groups in total. The van der Waals surface area contributed by atoms with E-state index in [0.717, 1.165) is 22.5 Å². The maximum Gasteiger partial charge on any atom is 0.141 e. The second-order valence-corrected chi connectivity index (χ2v) is 4.59. The van der Waals surface area contributed by atoms with E-state index in [4.69, 9.17) is 17.3 Å². The highest BCUT2D eigenvalue weighted by Gasteiger charge is 2.14. The summed E-state index contributed by atoms with van der Waals surface area (Å²) in [5.74, 6) is -0.412. The van der Waals surface area contributed by atoms with Gasteiger partial charge in [0.15, 0.2) is 0 Å². The van der Waals surface area contributed by atoms with Crippen LogP contribution in [0.25, 0.3) is 11.1 Å². The average Bonchev–Trinajstić information content (AvgIpc) is 2.59. The van der Waals surface area contributed by atoms with Crippen molar-refractivity contribution in [1.29, 1.82) is 0 Å². The first-order valence-corrected chi connectivity index (χ1v) is 6.12. The molecule has 0 fully saturated rings. The number of aryl methyl sites for hydroxylation is 1. The van der Waals surface area contributed by atoms with Gasteiger partial charge in [0.25, 0.3) is 0 Å². The Hall–Kier alpha value is -1.39. The van der Waals surface area contributed by atoms with Gasteiger partial charge in [0, 0.05) is 17.8 Å². The van der Waals surface area contributed by atoms with E-state index in [9.17, 15) is 4.39 Å². The van der Waals surface area contributed by atoms with Crippen LogP contribution in [-0.4, -0.2) is 16.3 Å². The maximum atomic E-state index is 13.2. The van der Waals surface area contributed by atoms with Crippen molar-refractivity contribution in [2.75, 3.05) is 6.54 Å². The monoisotopic (exact) mass is 267 g/mol. The zero-order valence-electron chi connectivity index (χ0n) is 10.4. The van der Waals surface area contributed by atoms with E-state index in [2.05, 4.69) is 5.10 Å². The zero-order valence-corrected chi connectivity index (χ0v) is 11.1. The van der Waals surface area contributed by atoms with Crippen LogP contribution in [0.5, 0.6) is 0 Å². The molecule has 1 aromatic heterocycles. The van der Waals surface area contributed by atoms with Gasteiger partial charge in [0.2, 0.25) is 0 Å². The molecule has 0 radical (unpaired) electrons. The van der Waals surface area contributed by atoms with Gasteiger partial charge in [0.05, 0.1) is 17.3 Å². The molecule has 0 aliphatic heterocycles. The minimum Gasteiger partial charge on any atom is -0.329 e. The molecule has 1 aromatic carbocycles. The second kappa shape index (κ2) is 5.08. The predicted molar refractivity (Wildman–Crippen MR) is 71.2 cm³/mol. The quantitative estimate of drug-likeness (QED) is 0.929. The average molecular weight is 268 g/mol. The predicted octanol–water partition coefficient (Wildman–Crippen LogP) is 2.92. The summed E-state index contributed by atoms with van der Waals surface area (Å²) in [7, 11) is 0. The Bertz CT molecular complexity index is 578. The van der Waals surface area contributed by atoms with Crippen molar-refractivity contribution in [3.63, 3.8) is 0 Å². The molecule has 18 heavy (non-hydrogen) atoms. The Labute approximate surface area is 110 Å². The maximum absolute atomic E-state index is 13.2. The van der Waals surface area contributed by atoms with E-state index >= 15 is 0 Å². The highest BCUT2D eigenvalue weighted by atomic mass is 35.5. The Morgan fingerprint density at radius 1 is 1.39 bits per heavy atom. The summed E-state index contributed by atoms with van der Waals surface area (Å²) in [4.78, 5) is 0. The molecule has 2 aromatic rings. The van der Waals surface area contributed by atoms with Gasteiger partial charge in [-0.05, 0) is 31.5 Å². The lowest BCUT2D eigenvalue weighted by Gasteiger charge is -2.05. The van der Waals surface area contributed by atoms with Crippen LogP contribution in [0.3, 0.4) is 0 Å². The van der Waals surface area contributed by atoms with E-state index in [1.807, 2.05) is 18.5 Å². The minimum atomic E-state index is -0.412. The first kappa shape index (κ1) is 13.1. The number of hydrogen-bond acceptors (Lipinski definition) is 2. The summed E-state index contributed by atoms with van der Waals surface area (Å²) < 4.78 is 15.0. The molecule has 0 bridgehead atoms. The third-order valence-corrected chi connectivity index (χ3v) is 3.22. The molecular formula is C13H15ClFN3. The van der Waals surface area contributed by atoms with Gasteiger partial charge in [0.1, 0.15) is 5.82 Å². The van der Waals surface area contributed by atoms with Crippen LogP contribution in [-0.2, 0) is 6.54 Å². The smallest absolute Gasteiger partial charge is 0.141 e. The van der Waals surface area contributed by atoms with Crippen molar-refractivity contribution in [3.8, 4) is 11.1 Å². The number of nitrogens with zero attached hydrogens (tertiary/aromatic N) is 2. The number of halogens is 2. The van der Waals surface area contributed by atoms with Gasteiger partial charge >= 0.3 is 0 Å². The molecule has 0 aliphatic rings. The minimum absolute atomic E-state index is 0.123. The molecule has 0 spiro atoms. The normalized spacial score (nSPS) is 10.9. The Morgan fingerprint density at radius 2 is 2.11 bits per heavy atom. The molecule has 2 rings (SSSR count). The van der Waals surface area contributed by atoms with Crippen molar-refractivity contribution in [3.05, 3.63) is 40.4 Å². The molecule has 5 heteroatoms. The van der Waals surface area contributed by atoms with Crippen LogP contribution in [0.4, 0.5) is 4.39 Å². The van der Waals surface area contributed by atoms with Crippen LogP contribution >= 0.6 is 11.6 Å². The lowest BCUT2D eigenvalue weighted by Crippen LogP contribution is -2.12. The fraction of sp³-hybridized carbons (Fsp3) is 0.308. The number of rotatable bonds is 3. The molecule has 0 saturated heterocycles. The van der Waals surface area contributed by atoms with E-state index in [1.54, 1.807) is 12.1 Å². The Kier molecular flexibility index (Phi) is 3.68. The summed E-state index contributed by atoms with van der Waals surface area (Å²) in [6, 6.07) is 4.71. The van der Waals surface area contributed by atoms with Crippen LogP contribution < -0.4 is 5.73 Å². The van der Waals surface area contributed by atoms with Gasteiger partial charge in [-0.25, -0.2) is 4.39 Å². The summed E-state index contributed by atoms with van der Waals surface area (Å²) >= 11 is 5.81. The number of aromatic nitrogens is 2. The Morgan fingerprint density at radius 3 is 2.72 bits per heavy atom. The van der Waals surface area contributed by atoms with Gasteiger partial charge in [-0.2, -0.15) is 5.10 Å². The molecular weight excluding hydrogens is 253 g/mol. The van der Waals surface area contributed by atoms with Crippen LogP contribution in [0.2, 0.25) is 5.02 Å². The SMILES string of the molecule is Cc1nn(CCN)c(C)c1-c1ccc(F)c(Cl)c1. The Balaban J connectivity index is 2.53. The number of benzene rings is 1. The summed E-state index contributed by atoms with van der Waals surface area (Å²) in [6.45, 7) is 5.10. The highest BCUT2D eigenvalue weighted by molar-refractivity contribution is 6.31. The van der Waals surface area contributed by atoms with Crippen LogP contribution in [0, 0.1) is 19.7 Å². The van der Waals surface area contributed by atoms with Crippen molar-refractivity contribution < 1.29 is 4.39 Å². The summed E-state index contributed by atoms with van der Waals surface area (Å²) in [6.07, 6.45) is 0. The first-order valence-electron chi connectivity index (χ1n) is 5.74. The van der Waals surface area contributed by atoms with Crippen LogP contribution in [0.15, 0.2) is 18.2 Å². The lowest BCUT2D eigenvalue weighted by atomic mass is 10.0. The fourth-order valence-corrected chi connectivity index (χ4v) is 2.29. The van der Waals surface area contributed by atoms with Gasteiger partial charge in [-0.1, -0.05) is 17.7 Å². The molecule has 96 valence electrons. The lowest BCUT2D eigenvalue weighted by molar-refractivity contribution is 0.604. The van der Waals surface area contributed by atoms with Gasteiger partial charge in [-0.3, -0.25) is 4.68 Å². The summed E-state index contributed by atoms with van der Waals surface area (Å²) in [5.41, 5.74) is 9.31. The van der Waals surface area contributed by atoms with E-state index in [1.165, 1.54) is 6.07 Å². The molecule has 0 atom stereocenters. The molecule has 1 heterocycles. The third-order valence-electron chi connectivity index (χ3n) is 2.93. The van der Waals surface area contributed by atoms with E-state index < -0.39 is 5.82 Å². The van der Waals surface area contributed by atoms with Crippen molar-refractivity contribution in [1.82, 2.24) is 9.78 Å². The standard InChI is InChI=1S/C13H15ClFN3/c1-8-13(9(2)18(17-8)6-5-16)10-3-4-12(15)11(14)7-10/h3-4,7H,5-6,16H2,1-2H3. The summed E-state index contributed by atoms with van der Waals surface area (Å²) in [5, 5.41) is 4.55. The molecule has 0 amide bonds. The van der Waals surface area contributed by atoms with Gasteiger partial charge in [-0.15, -0.1) is 0 Å². The first-order chi connectivity index (χ1) is 8.54. The zero-order chi connectivity index (χ0) is 13.3. The van der Waals surface area contributed by atoms with E-state index in [-0.39, 0.29) is 5.02 Å². The molecule has 3 nitrogen and oxygen atoms in total. The van der Waals surface area contributed by atoms with Crippen LogP contribution in [0.1, 0.15) is 11.4 Å². The highest BCUT2D eigenvalue weighted by Crippen LogP contribution is 2.29. The van der Waals surface area contributed by atoms with Crippen molar-refractivity contribution in [2.45, 2.75) is 20.4 Å². The molecule has 0 saturated carbocycles. The largest absolute Gasteiger partial charge is 0.329 e. The molecule has 0 unspecified atom stereocenters. The fourth-order valence-electron chi connectivity index (χ4n) is 2.11. The molecule has 0 aliphatic carbocycles. The van der Waals surface area contributed by atoms with Gasteiger partial charge < -0.3 is 5.73 Å². The number of hydrogen-bond donors (Lipinski definition) is 1. The van der Waals surface area contributed by atoms with Crippen molar-refractivity contribution >= 4 is 11.6 Å². The van der Waals surface area contributed by atoms with Crippen molar-refractivity contribution in [2.24, 2.45) is 5.73 Å². The second-order valence-electron chi connectivity index (χ2n) is 4.19. The third kappa shape index (κ3) is 2.26.